The van der Waals surface area contributed by atoms with Crippen molar-refractivity contribution in [2.45, 2.75) is 48.8 Å². The second-order valence-electron chi connectivity index (χ2n) is 10.3. The molecule has 4 heterocycles. The number of pyridine rings is 1. The van der Waals surface area contributed by atoms with Crippen molar-refractivity contribution < 1.29 is 27.5 Å². The second kappa shape index (κ2) is 11.9. The highest BCUT2D eigenvalue weighted by atomic mass is 32.2. The maximum Gasteiger partial charge on any atom is 0.410 e. The number of H-pyrrole nitrogens is 1. The van der Waals surface area contributed by atoms with Gasteiger partial charge in [-0.05, 0) is 43.5 Å². The van der Waals surface area contributed by atoms with Gasteiger partial charge in [-0.2, -0.15) is 0 Å². The van der Waals surface area contributed by atoms with Crippen molar-refractivity contribution in [1.82, 2.24) is 24.4 Å². The lowest BCUT2D eigenvalue weighted by molar-refractivity contribution is -0.142. The molecular weight excluding hydrogens is 570 g/mol. The fraction of sp³-hybridized carbons (Fsp3) is 0.290. The molecule has 0 unspecified atom stereocenters. The van der Waals surface area contributed by atoms with Crippen LogP contribution < -0.4 is 0 Å². The first-order valence-corrected chi connectivity index (χ1v) is 15.6. The number of rotatable bonds is 8. The number of benzene rings is 2. The fourth-order valence-corrected chi connectivity index (χ4v) is 6.91. The predicted molar refractivity (Wildman–Crippen MR) is 158 cm³/mol. The number of aromatic amines is 1. The number of sulfone groups is 1. The molecular formula is C31H31N5O6S. The van der Waals surface area contributed by atoms with E-state index in [-0.39, 0.29) is 41.1 Å². The summed E-state index contributed by atoms with van der Waals surface area (Å²) in [5.41, 5.74) is 2.07. The Kier molecular flexibility index (Phi) is 7.85. The summed E-state index contributed by atoms with van der Waals surface area (Å²) in [5.74, 6) is -0.0784. The number of likely N-dealkylation sites (tertiary alicyclic amines) is 1. The van der Waals surface area contributed by atoms with E-state index in [0.717, 1.165) is 5.56 Å². The normalized spacial score (nSPS) is 14.3. The molecule has 43 heavy (non-hydrogen) atoms. The van der Waals surface area contributed by atoms with E-state index in [2.05, 4.69) is 9.97 Å². The minimum Gasteiger partial charge on any atom is -0.466 e. The Labute approximate surface area is 248 Å². The Hall–Kier alpha value is -4.71. The summed E-state index contributed by atoms with van der Waals surface area (Å²) < 4.78 is 40.4. The molecule has 1 N–H and O–H groups in total. The van der Waals surface area contributed by atoms with Crippen molar-refractivity contribution >= 4 is 44.0 Å². The molecule has 1 amide bonds. The SMILES string of the molecule is CCOC(=O)Cc1nc2c(S(=O)(=O)c3ccccc3)nc3[nH]ccc3c2n1C1CCN(C(=O)OCc2ccccc2)CC1. The first-order chi connectivity index (χ1) is 20.9. The number of carbonyl (C=O) groups excluding carboxylic acids is 2. The van der Waals surface area contributed by atoms with Gasteiger partial charge < -0.3 is 23.9 Å². The standard InChI is InChI=1S/C31H31N5O6S/c1-2-41-26(37)19-25-33-27-28(24-13-16-32-29(24)34-30(27)43(39,40)23-11-7-4-8-12-23)36(25)22-14-17-35(18-15-22)31(38)42-20-21-9-5-3-6-10-21/h3-13,16,22H,2,14-15,17-20H2,1H3,(H,32,34). The van der Waals surface area contributed by atoms with Gasteiger partial charge in [0.05, 0.1) is 17.0 Å². The number of nitrogens with zero attached hydrogens (tertiary/aromatic N) is 4. The molecule has 0 aliphatic carbocycles. The third kappa shape index (κ3) is 5.57. The number of aromatic nitrogens is 4. The summed E-state index contributed by atoms with van der Waals surface area (Å²) in [6.45, 7) is 2.97. The van der Waals surface area contributed by atoms with Gasteiger partial charge in [-0.1, -0.05) is 48.5 Å². The number of hydrogen-bond acceptors (Lipinski definition) is 8. The van der Waals surface area contributed by atoms with Crippen LogP contribution >= 0.6 is 0 Å². The fourth-order valence-electron chi connectivity index (χ4n) is 5.56. The molecule has 1 aliphatic heterocycles. The molecule has 0 atom stereocenters. The number of piperidine rings is 1. The number of fused-ring (bicyclic) bond motifs is 3. The van der Waals surface area contributed by atoms with E-state index in [1.165, 1.54) is 12.1 Å². The first-order valence-electron chi connectivity index (χ1n) is 14.2. The van der Waals surface area contributed by atoms with Crippen LogP contribution in [0.25, 0.3) is 22.1 Å². The van der Waals surface area contributed by atoms with Gasteiger partial charge in [-0.3, -0.25) is 4.79 Å². The van der Waals surface area contributed by atoms with E-state index >= 15 is 0 Å². The zero-order chi connectivity index (χ0) is 30.0. The van der Waals surface area contributed by atoms with Gasteiger partial charge in [0.25, 0.3) is 0 Å². The molecule has 0 radical (unpaired) electrons. The molecule has 0 bridgehead atoms. The summed E-state index contributed by atoms with van der Waals surface area (Å²) >= 11 is 0. The number of esters is 1. The number of ether oxygens (including phenoxy) is 2. The first kappa shape index (κ1) is 28.4. The van der Waals surface area contributed by atoms with Gasteiger partial charge in [-0.15, -0.1) is 0 Å². The Bertz CT molecular complexity index is 1880. The molecule has 0 spiro atoms. The van der Waals surface area contributed by atoms with Crippen LogP contribution in [0.4, 0.5) is 4.79 Å². The van der Waals surface area contributed by atoms with Crippen LogP contribution in [0.2, 0.25) is 0 Å². The molecule has 12 heteroatoms. The number of nitrogens with one attached hydrogen (secondary N) is 1. The molecule has 1 aliphatic rings. The highest BCUT2D eigenvalue weighted by Crippen LogP contribution is 2.36. The molecule has 1 fully saturated rings. The highest BCUT2D eigenvalue weighted by molar-refractivity contribution is 7.91. The smallest absolute Gasteiger partial charge is 0.410 e. The number of hydrogen-bond donors (Lipinski definition) is 1. The zero-order valence-electron chi connectivity index (χ0n) is 23.6. The van der Waals surface area contributed by atoms with Crippen LogP contribution in [-0.4, -0.2) is 64.6 Å². The van der Waals surface area contributed by atoms with Gasteiger partial charge >= 0.3 is 12.1 Å². The number of imidazole rings is 1. The Morgan fingerprint density at radius 1 is 0.953 bits per heavy atom. The van der Waals surface area contributed by atoms with E-state index < -0.39 is 21.9 Å². The molecule has 5 aromatic rings. The lowest BCUT2D eigenvalue weighted by Crippen LogP contribution is -2.39. The van der Waals surface area contributed by atoms with Crippen molar-refractivity contribution in [2.24, 2.45) is 0 Å². The van der Waals surface area contributed by atoms with Crippen molar-refractivity contribution in [3.63, 3.8) is 0 Å². The van der Waals surface area contributed by atoms with Crippen molar-refractivity contribution in [2.75, 3.05) is 19.7 Å². The third-order valence-electron chi connectivity index (χ3n) is 7.59. The summed E-state index contributed by atoms with van der Waals surface area (Å²) in [6.07, 6.45) is 2.27. The molecule has 222 valence electrons. The van der Waals surface area contributed by atoms with Crippen LogP contribution in [0.15, 0.2) is 82.8 Å². The van der Waals surface area contributed by atoms with Crippen molar-refractivity contribution in [1.29, 1.82) is 0 Å². The monoisotopic (exact) mass is 601 g/mol. The topological polar surface area (TPSA) is 136 Å². The summed E-state index contributed by atoms with van der Waals surface area (Å²) in [4.78, 5) is 39.6. The number of amides is 1. The predicted octanol–water partition coefficient (Wildman–Crippen LogP) is 4.82. The van der Waals surface area contributed by atoms with Crippen LogP contribution in [0.3, 0.4) is 0 Å². The number of carbonyl (C=O) groups is 2. The van der Waals surface area contributed by atoms with Crippen LogP contribution in [0.5, 0.6) is 0 Å². The lowest BCUT2D eigenvalue weighted by Gasteiger charge is -2.33. The van der Waals surface area contributed by atoms with E-state index in [9.17, 15) is 18.0 Å². The zero-order valence-corrected chi connectivity index (χ0v) is 24.4. The van der Waals surface area contributed by atoms with E-state index in [1.54, 1.807) is 36.2 Å². The third-order valence-corrected chi connectivity index (χ3v) is 9.28. The molecule has 11 nitrogen and oxygen atoms in total. The van der Waals surface area contributed by atoms with Crippen LogP contribution in [0.1, 0.15) is 37.2 Å². The second-order valence-corrected chi connectivity index (χ2v) is 12.2. The Morgan fingerprint density at radius 3 is 2.35 bits per heavy atom. The average Bonchev–Trinajstić information content (AvgIpc) is 3.65. The Morgan fingerprint density at radius 2 is 1.65 bits per heavy atom. The summed E-state index contributed by atoms with van der Waals surface area (Å²) in [5, 5.41) is 0.503. The minimum atomic E-state index is -4.05. The quantitative estimate of drug-likeness (QED) is 0.250. The molecule has 0 saturated carbocycles. The van der Waals surface area contributed by atoms with Gasteiger partial charge in [-0.25, -0.2) is 23.2 Å². The van der Waals surface area contributed by atoms with Gasteiger partial charge in [0.2, 0.25) is 9.84 Å². The average molecular weight is 602 g/mol. The Balaban J connectivity index is 1.37. The van der Waals surface area contributed by atoms with E-state index in [0.29, 0.717) is 48.3 Å². The minimum absolute atomic E-state index is 0.0959. The molecule has 1 saturated heterocycles. The van der Waals surface area contributed by atoms with Gasteiger partial charge in [0, 0.05) is 30.7 Å². The molecule has 6 rings (SSSR count). The maximum absolute atomic E-state index is 13.8. The van der Waals surface area contributed by atoms with Crippen LogP contribution in [0, 0.1) is 0 Å². The van der Waals surface area contributed by atoms with Crippen LogP contribution in [-0.2, 0) is 37.1 Å². The summed E-state index contributed by atoms with van der Waals surface area (Å²) in [6, 6.07) is 19.2. The van der Waals surface area contributed by atoms with Crippen molar-refractivity contribution in [3.05, 3.63) is 84.3 Å². The van der Waals surface area contributed by atoms with Crippen molar-refractivity contribution in [3.8, 4) is 0 Å². The largest absolute Gasteiger partial charge is 0.466 e. The maximum atomic E-state index is 13.8. The lowest BCUT2D eigenvalue weighted by atomic mass is 10.0. The molecule has 2 aromatic carbocycles. The van der Waals surface area contributed by atoms with E-state index in [1.807, 2.05) is 41.0 Å². The van der Waals surface area contributed by atoms with Gasteiger partial charge in [0.1, 0.15) is 30.0 Å². The van der Waals surface area contributed by atoms with E-state index in [4.69, 9.17) is 14.5 Å². The molecule has 3 aromatic heterocycles. The highest BCUT2D eigenvalue weighted by Gasteiger charge is 2.33. The summed E-state index contributed by atoms with van der Waals surface area (Å²) in [7, 11) is -4.05. The van der Waals surface area contributed by atoms with Gasteiger partial charge in [0.15, 0.2) is 5.03 Å².